The van der Waals surface area contributed by atoms with Crippen LogP contribution in [0.5, 0.6) is 0 Å². The standard InChI is InChI=1S/C63H38N4O2/c1-4-15-39(16-5-1)42-30-33-54-51(36-42)48-23-10-11-26-53(48)67(54)55-27-13-25-49-52-37-43(31-34-56(52)69-60(49)55)44-29-32-50-58(38-44)68-57-28-14-24-47(59(50)57)45-21-12-22-46(35-45)63-65-61(40-17-6-2-7-18-40)64-62(66-63)41-19-8-3-9-20-41/h1-38H. The van der Waals surface area contributed by atoms with E-state index in [0.29, 0.717) is 17.5 Å². The molecule has 4 aromatic heterocycles. The number of furan rings is 2. The molecule has 14 rings (SSSR count). The van der Waals surface area contributed by atoms with E-state index in [1.54, 1.807) is 0 Å². The lowest BCUT2D eigenvalue weighted by molar-refractivity contribution is 0.666. The Balaban J connectivity index is 0.843. The lowest BCUT2D eigenvalue weighted by Gasteiger charge is -2.10. The molecule has 0 fully saturated rings. The van der Waals surface area contributed by atoms with Crippen molar-refractivity contribution in [2.24, 2.45) is 0 Å². The van der Waals surface area contributed by atoms with Gasteiger partial charge < -0.3 is 13.4 Å². The van der Waals surface area contributed by atoms with E-state index in [1.165, 1.54) is 21.9 Å². The van der Waals surface area contributed by atoms with Crippen molar-refractivity contribution in [3.05, 3.63) is 231 Å². The van der Waals surface area contributed by atoms with E-state index in [9.17, 15) is 0 Å². The Bertz CT molecular complexity index is 4250. The minimum Gasteiger partial charge on any atom is -0.456 e. The minimum absolute atomic E-state index is 0.612. The van der Waals surface area contributed by atoms with Crippen LogP contribution in [-0.2, 0) is 0 Å². The maximum Gasteiger partial charge on any atom is 0.164 e. The van der Waals surface area contributed by atoms with E-state index in [0.717, 1.165) is 99.5 Å². The predicted octanol–water partition coefficient (Wildman–Crippen LogP) is 16.8. The summed E-state index contributed by atoms with van der Waals surface area (Å²) in [6.45, 7) is 0. The Morgan fingerprint density at radius 3 is 1.64 bits per heavy atom. The van der Waals surface area contributed by atoms with Crippen molar-refractivity contribution in [2.75, 3.05) is 0 Å². The van der Waals surface area contributed by atoms with Crippen LogP contribution in [0.25, 0.3) is 139 Å². The minimum atomic E-state index is 0.612. The summed E-state index contributed by atoms with van der Waals surface area (Å²) < 4.78 is 15.8. The maximum absolute atomic E-state index is 6.79. The van der Waals surface area contributed by atoms with Gasteiger partial charge >= 0.3 is 0 Å². The molecule has 14 aromatic rings. The van der Waals surface area contributed by atoms with Gasteiger partial charge in [-0.3, -0.25) is 0 Å². The van der Waals surface area contributed by atoms with E-state index < -0.39 is 0 Å². The molecule has 0 radical (unpaired) electrons. The van der Waals surface area contributed by atoms with Crippen molar-refractivity contribution in [3.63, 3.8) is 0 Å². The third-order valence-electron chi connectivity index (χ3n) is 13.5. The van der Waals surface area contributed by atoms with Crippen LogP contribution in [0, 0.1) is 0 Å². The van der Waals surface area contributed by atoms with Crippen LogP contribution in [0.1, 0.15) is 0 Å². The van der Waals surface area contributed by atoms with E-state index in [1.807, 2.05) is 66.7 Å². The molecule has 6 nitrogen and oxygen atoms in total. The van der Waals surface area contributed by atoms with Gasteiger partial charge in [0, 0.05) is 49.0 Å². The predicted molar refractivity (Wildman–Crippen MR) is 281 cm³/mol. The van der Waals surface area contributed by atoms with Crippen LogP contribution in [0.15, 0.2) is 239 Å². The van der Waals surface area contributed by atoms with E-state index in [4.69, 9.17) is 23.8 Å². The van der Waals surface area contributed by atoms with Gasteiger partial charge in [0.1, 0.15) is 16.7 Å². The third-order valence-corrected chi connectivity index (χ3v) is 13.5. The van der Waals surface area contributed by atoms with Gasteiger partial charge in [-0.25, -0.2) is 15.0 Å². The molecule has 0 amide bonds. The monoisotopic (exact) mass is 882 g/mol. The summed E-state index contributed by atoms with van der Waals surface area (Å²) in [6, 6.07) is 80.4. The van der Waals surface area contributed by atoms with Crippen LogP contribution in [0.2, 0.25) is 0 Å². The molecular weight excluding hydrogens is 845 g/mol. The Morgan fingerprint density at radius 1 is 0.290 bits per heavy atom. The number of fused-ring (bicyclic) bond motifs is 9. The second-order valence-electron chi connectivity index (χ2n) is 17.5. The van der Waals surface area contributed by atoms with Crippen molar-refractivity contribution >= 4 is 65.7 Å². The number of para-hydroxylation sites is 2. The summed E-state index contributed by atoms with van der Waals surface area (Å²) in [5, 5.41) is 6.66. The Hall–Kier alpha value is -9.39. The molecule has 0 bridgehead atoms. The highest BCUT2D eigenvalue weighted by Gasteiger charge is 2.20. The van der Waals surface area contributed by atoms with Gasteiger partial charge in [-0.2, -0.15) is 0 Å². The zero-order valence-corrected chi connectivity index (χ0v) is 37.0. The Labute approximate surface area is 396 Å². The second kappa shape index (κ2) is 15.6. The fourth-order valence-corrected chi connectivity index (χ4v) is 10.2. The molecule has 0 atom stereocenters. The lowest BCUT2D eigenvalue weighted by Crippen LogP contribution is -2.00. The molecule has 0 N–H and O–H groups in total. The number of aromatic nitrogens is 4. The first-order chi connectivity index (χ1) is 34.2. The molecule has 4 heterocycles. The van der Waals surface area contributed by atoms with E-state index >= 15 is 0 Å². The van der Waals surface area contributed by atoms with Crippen LogP contribution >= 0.6 is 0 Å². The van der Waals surface area contributed by atoms with Gasteiger partial charge in [0.05, 0.1) is 16.7 Å². The Morgan fingerprint density at radius 2 is 0.855 bits per heavy atom. The first-order valence-corrected chi connectivity index (χ1v) is 23.2. The molecular formula is C63H38N4O2. The smallest absolute Gasteiger partial charge is 0.164 e. The second-order valence-corrected chi connectivity index (χ2v) is 17.5. The van der Waals surface area contributed by atoms with Crippen LogP contribution < -0.4 is 0 Å². The van der Waals surface area contributed by atoms with Gasteiger partial charge in [0.2, 0.25) is 0 Å². The van der Waals surface area contributed by atoms with Gasteiger partial charge in [-0.05, 0) is 94.0 Å². The number of rotatable bonds is 7. The summed E-state index contributed by atoms with van der Waals surface area (Å²) >= 11 is 0. The number of hydrogen-bond donors (Lipinski definition) is 0. The van der Waals surface area contributed by atoms with E-state index in [-0.39, 0.29) is 0 Å². The molecule has 0 spiro atoms. The maximum atomic E-state index is 6.79. The first kappa shape index (κ1) is 38.8. The molecule has 10 aromatic carbocycles. The molecule has 0 aliphatic carbocycles. The third kappa shape index (κ3) is 6.45. The normalized spacial score (nSPS) is 11.8. The van der Waals surface area contributed by atoms with Crippen molar-refractivity contribution in [3.8, 4) is 73.2 Å². The fourth-order valence-electron chi connectivity index (χ4n) is 10.2. The molecule has 322 valence electrons. The highest BCUT2D eigenvalue weighted by atomic mass is 16.3. The molecule has 69 heavy (non-hydrogen) atoms. The van der Waals surface area contributed by atoms with Crippen molar-refractivity contribution in [2.45, 2.75) is 0 Å². The topological polar surface area (TPSA) is 69.9 Å². The zero-order chi connectivity index (χ0) is 45.4. The summed E-state index contributed by atoms with van der Waals surface area (Å²) in [7, 11) is 0. The molecule has 0 aliphatic heterocycles. The summed E-state index contributed by atoms with van der Waals surface area (Å²) in [5.74, 6) is 1.87. The van der Waals surface area contributed by atoms with Gasteiger partial charge in [0.15, 0.2) is 23.1 Å². The van der Waals surface area contributed by atoms with Gasteiger partial charge in [-0.1, -0.05) is 170 Å². The molecule has 0 saturated carbocycles. The molecule has 6 heteroatoms. The highest BCUT2D eigenvalue weighted by molar-refractivity contribution is 6.15. The summed E-state index contributed by atoms with van der Waals surface area (Å²) in [4.78, 5) is 14.9. The van der Waals surface area contributed by atoms with Crippen LogP contribution in [-0.4, -0.2) is 19.5 Å². The quantitative estimate of drug-likeness (QED) is 0.159. The highest BCUT2D eigenvalue weighted by Crippen LogP contribution is 2.42. The van der Waals surface area contributed by atoms with Crippen LogP contribution in [0.3, 0.4) is 0 Å². The average Bonchev–Trinajstić information content (AvgIpc) is 4.10. The van der Waals surface area contributed by atoms with Crippen molar-refractivity contribution < 1.29 is 8.83 Å². The van der Waals surface area contributed by atoms with Crippen LogP contribution in [0.4, 0.5) is 0 Å². The summed E-state index contributed by atoms with van der Waals surface area (Å²) in [5.41, 5.74) is 16.1. The number of nitrogens with zero attached hydrogens (tertiary/aromatic N) is 4. The fraction of sp³-hybridized carbons (Fsp3) is 0. The van der Waals surface area contributed by atoms with Gasteiger partial charge in [0.25, 0.3) is 0 Å². The average molecular weight is 883 g/mol. The van der Waals surface area contributed by atoms with Crippen molar-refractivity contribution in [1.29, 1.82) is 0 Å². The zero-order valence-electron chi connectivity index (χ0n) is 37.0. The Kier molecular flexibility index (Phi) is 8.79. The van der Waals surface area contributed by atoms with E-state index in [2.05, 4.69) is 168 Å². The molecule has 0 saturated heterocycles. The largest absolute Gasteiger partial charge is 0.456 e. The molecule has 0 unspecified atom stereocenters. The number of hydrogen-bond acceptors (Lipinski definition) is 5. The number of benzene rings is 10. The van der Waals surface area contributed by atoms with Crippen molar-refractivity contribution in [1.82, 2.24) is 19.5 Å². The van der Waals surface area contributed by atoms with Gasteiger partial charge in [-0.15, -0.1) is 0 Å². The molecule has 0 aliphatic rings. The lowest BCUT2D eigenvalue weighted by atomic mass is 9.96. The first-order valence-electron chi connectivity index (χ1n) is 23.2. The SMILES string of the molecule is c1ccc(-c2ccc3c(c2)c2ccccc2n3-c2cccc3c2oc2ccc(-c4ccc5c(c4)oc4cccc(-c6cccc(-c7nc(-c8ccccc8)nc(-c8ccccc8)n7)c6)c45)cc23)cc1. The summed E-state index contributed by atoms with van der Waals surface area (Å²) in [6.07, 6.45) is 0.